The van der Waals surface area contributed by atoms with Gasteiger partial charge >= 0.3 is 0 Å². The molecule has 3 saturated heterocycles. The predicted octanol–water partition coefficient (Wildman–Crippen LogP) is 10.2. The van der Waals surface area contributed by atoms with Crippen LogP contribution in [0.2, 0.25) is 0 Å². The highest BCUT2D eigenvalue weighted by molar-refractivity contribution is 5.28. The van der Waals surface area contributed by atoms with E-state index < -0.39 is 0 Å². The lowest BCUT2D eigenvalue weighted by molar-refractivity contribution is -1.09. The lowest BCUT2D eigenvalue weighted by Crippen LogP contribution is -2.74. The third kappa shape index (κ3) is 8.50. The summed E-state index contributed by atoms with van der Waals surface area (Å²) in [5.74, 6) is 1.18. The molecule has 3 heterocycles. The van der Waals surface area contributed by atoms with Crippen LogP contribution < -0.4 is 0 Å². The van der Waals surface area contributed by atoms with Crippen LogP contribution in [0.15, 0.2) is 48.5 Å². The molecule has 234 valence electrons. The molecule has 0 aromatic heterocycles. The minimum absolute atomic E-state index is 0.276. The molecule has 2 bridgehead atoms. The van der Waals surface area contributed by atoms with Gasteiger partial charge in [0.25, 0.3) is 0 Å². The smallest absolute Gasteiger partial charge is 0.129 e. The van der Waals surface area contributed by atoms with Crippen LogP contribution in [0.4, 0.5) is 0 Å². The summed E-state index contributed by atoms with van der Waals surface area (Å²) in [4.78, 5) is 0. The van der Waals surface area contributed by atoms with Crippen LogP contribution in [-0.2, 0) is 13.1 Å². The molecule has 0 radical (unpaired) electrons. The van der Waals surface area contributed by atoms with Crippen LogP contribution in [0.25, 0.3) is 0 Å². The topological polar surface area (TPSA) is 0 Å². The SMILES string of the molecule is CC(C)(C)CC(c1ccc(C[N+]23CC[N+](Cc4ccc(C(CC(C)(C)C)C(C)(C)C)cc4)(CC2)CC3)cc1)C(C)(C)C. The number of fused-ring (bicyclic) bond motifs is 3. The number of benzene rings is 2. The minimum atomic E-state index is 0.276. The summed E-state index contributed by atoms with van der Waals surface area (Å²) in [6.07, 6.45) is 2.46. The molecule has 3 aliphatic heterocycles. The zero-order valence-corrected chi connectivity index (χ0v) is 29.7. The Morgan fingerprint density at radius 3 is 0.929 bits per heavy atom. The van der Waals surface area contributed by atoms with Gasteiger partial charge in [-0.05, 0) is 57.5 Å². The summed E-state index contributed by atoms with van der Waals surface area (Å²) in [6.45, 7) is 39.1. The van der Waals surface area contributed by atoms with E-state index in [1.54, 1.807) is 0 Å². The van der Waals surface area contributed by atoms with Crippen molar-refractivity contribution in [2.45, 2.75) is 121 Å². The molecule has 5 rings (SSSR count). The molecule has 0 saturated carbocycles. The third-order valence-corrected chi connectivity index (χ3v) is 10.7. The maximum absolute atomic E-state index is 2.46. The Morgan fingerprint density at radius 1 is 0.452 bits per heavy atom. The summed E-state index contributed by atoms with van der Waals surface area (Å²) in [5, 5.41) is 0. The first-order chi connectivity index (χ1) is 19.2. The number of nitrogens with zero attached hydrogens (tertiary/aromatic N) is 2. The molecule has 3 aliphatic rings. The number of rotatable bonds is 8. The summed E-state index contributed by atoms with van der Waals surface area (Å²) in [7, 11) is 0. The molecular formula is C40H66N2+2. The molecule has 2 aromatic rings. The Kier molecular flexibility index (Phi) is 9.26. The maximum Gasteiger partial charge on any atom is 0.129 e. The zero-order chi connectivity index (χ0) is 31.2. The fourth-order valence-corrected chi connectivity index (χ4v) is 7.98. The van der Waals surface area contributed by atoms with Crippen molar-refractivity contribution in [1.82, 2.24) is 0 Å². The molecule has 0 amide bonds. The quantitative estimate of drug-likeness (QED) is 0.275. The predicted molar refractivity (Wildman–Crippen MR) is 183 cm³/mol. The van der Waals surface area contributed by atoms with E-state index in [4.69, 9.17) is 0 Å². The van der Waals surface area contributed by atoms with Gasteiger partial charge in [-0.1, -0.05) is 132 Å². The summed E-state index contributed by atoms with van der Waals surface area (Å²) in [5.41, 5.74) is 7.33. The Bertz CT molecular complexity index is 1040. The third-order valence-electron chi connectivity index (χ3n) is 10.7. The molecule has 3 fully saturated rings. The van der Waals surface area contributed by atoms with Crippen molar-refractivity contribution in [3.63, 3.8) is 0 Å². The molecule has 2 atom stereocenters. The second-order valence-electron chi connectivity index (χ2n) is 19.2. The van der Waals surface area contributed by atoms with E-state index in [9.17, 15) is 0 Å². The lowest BCUT2D eigenvalue weighted by Gasteiger charge is -2.55. The Hall–Kier alpha value is -1.64. The van der Waals surface area contributed by atoms with Gasteiger partial charge in [-0.15, -0.1) is 0 Å². The molecule has 2 nitrogen and oxygen atoms in total. The molecule has 0 spiro atoms. The highest BCUT2D eigenvalue weighted by atomic mass is 15.5. The van der Waals surface area contributed by atoms with Gasteiger partial charge in [-0.25, -0.2) is 0 Å². The molecule has 2 heteroatoms. The first kappa shape index (κ1) is 33.3. The van der Waals surface area contributed by atoms with Gasteiger partial charge in [0.1, 0.15) is 52.4 Å². The average Bonchev–Trinajstić information content (AvgIpc) is 2.86. The van der Waals surface area contributed by atoms with Crippen LogP contribution in [0.5, 0.6) is 0 Å². The van der Waals surface area contributed by atoms with Crippen LogP contribution in [-0.4, -0.2) is 48.2 Å². The number of quaternary nitrogens is 2. The second-order valence-corrected chi connectivity index (χ2v) is 19.2. The average molecular weight is 575 g/mol. The zero-order valence-electron chi connectivity index (χ0n) is 29.7. The van der Waals surface area contributed by atoms with Crippen molar-refractivity contribution >= 4 is 0 Å². The van der Waals surface area contributed by atoms with Crippen LogP contribution in [0.1, 0.15) is 130 Å². The van der Waals surface area contributed by atoms with Crippen LogP contribution >= 0.6 is 0 Å². The highest BCUT2D eigenvalue weighted by Gasteiger charge is 2.49. The van der Waals surface area contributed by atoms with Crippen molar-refractivity contribution in [2.75, 3.05) is 39.3 Å². The van der Waals surface area contributed by atoms with Gasteiger partial charge in [0.15, 0.2) is 0 Å². The van der Waals surface area contributed by atoms with Gasteiger partial charge in [0, 0.05) is 11.1 Å². The van der Waals surface area contributed by atoms with Gasteiger partial charge in [-0.2, -0.15) is 0 Å². The van der Waals surface area contributed by atoms with E-state index >= 15 is 0 Å². The first-order valence-electron chi connectivity index (χ1n) is 17.1. The molecule has 2 aromatic carbocycles. The van der Waals surface area contributed by atoms with E-state index in [0.29, 0.717) is 22.7 Å². The number of hydrogen-bond donors (Lipinski definition) is 0. The summed E-state index contributed by atoms with van der Waals surface area (Å²) < 4.78 is 2.59. The number of piperazine rings is 3. The summed E-state index contributed by atoms with van der Waals surface area (Å²) in [6, 6.07) is 19.7. The molecule has 2 unspecified atom stereocenters. The fourth-order valence-electron chi connectivity index (χ4n) is 7.98. The minimum Gasteiger partial charge on any atom is -0.306 e. The molecular weight excluding hydrogens is 508 g/mol. The van der Waals surface area contributed by atoms with Crippen molar-refractivity contribution in [2.24, 2.45) is 21.7 Å². The van der Waals surface area contributed by atoms with Crippen molar-refractivity contribution in [1.29, 1.82) is 0 Å². The van der Waals surface area contributed by atoms with Crippen LogP contribution in [0.3, 0.4) is 0 Å². The van der Waals surface area contributed by atoms with Gasteiger partial charge < -0.3 is 8.97 Å². The first-order valence-corrected chi connectivity index (χ1v) is 17.1. The monoisotopic (exact) mass is 575 g/mol. The number of hydrogen-bond acceptors (Lipinski definition) is 0. The van der Waals surface area contributed by atoms with Crippen molar-refractivity contribution < 1.29 is 8.97 Å². The van der Waals surface area contributed by atoms with E-state index in [1.807, 2.05) is 0 Å². The second kappa shape index (κ2) is 11.7. The van der Waals surface area contributed by atoms with Crippen molar-refractivity contribution in [3.05, 3.63) is 70.8 Å². The normalized spacial score (nSPS) is 25.0. The van der Waals surface area contributed by atoms with E-state index in [2.05, 4.69) is 132 Å². The van der Waals surface area contributed by atoms with Crippen LogP contribution in [0, 0.1) is 21.7 Å². The largest absolute Gasteiger partial charge is 0.306 e. The standard InChI is InChI=1S/C40H66N2/c1-37(2,3)27-35(39(7,8)9)33-17-13-31(14-18-33)29-41-21-24-42(25-22-41,26-23-41)30-32-15-19-34(20-16-32)36(40(10,11)12)28-38(4,5)6/h13-20,35-36H,21-30H2,1-12H3/q+2. The van der Waals surface area contributed by atoms with E-state index in [-0.39, 0.29) is 10.8 Å². The summed E-state index contributed by atoms with van der Waals surface area (Å²) >= 11 is 0. The fraction of sp³-hybridized carbons (Fsp3) is 0.700. The van der Waals surface area contributed by atoms with E-state index in [1.165, 1.54) is 96.4 Å². The van der Waals surface area contributed by atoms with Crippen molar-refractivity contribution in [3.8, 4) is 0 Å². The Morgan fingerprint density at radius 2 is 0.714 bits per heavy atom. The highest BCUT2D eigenvalue weighted by Crippen LogP contribution is 2.44. The lowest BCUT2D eigenvalue weighted by atomic mass is 9.69. The van der Waals surface area contributed by atoms with Gasteiger partial charge in [-0.3, -0.25) is 0 Å². The maximum atomic E-state index is 2.46. The molecule has 42 heavy (non-hydrogen) atoms. The van der Waals surface area contributed by atoms with Gasteiger partial charge in [0.05, 0.1) is 0 Å². The van der Waals surface area contributed by atoms with E-state index in [0.717, 1.165) is 0 Å². The Balaban J connectivity index is 1.38. The Labute approximate surface area is 261 Å². The van der Waals surface area contributed by atoms with Gasteiger partial charge in [0.2, 0.25) is 0 Å². The molecule has 0 N–H and O–H groups in total. The molecule has 0 aliphatic carbocycles.